The van der Waals surface area contributed by atoms with Gasteiger partial charge in [-0.2, -0.15) is 10.1 Å². The van der Waals surface area contributed by atoms with Crippen molar-refractivity contribution in [1.29, 1.82) is 0 Å². The molecule has 1 aliphatic heterocycles. The summed E-state index contributed by atoms with van der Waals surface area (Å²) in [5, 5.41) is 4.12. The van der Waals surface area contributed by atoms with Crippen molar-refractivity contribution >= 4 is 11.8 Å². The Morgan fingerprint density at radius 3 is 2.55 bits per heavy atom. The molecular weight excluding hydrogens is 280 g/mol. The first kappa shape index (κ1) is 14.7. The first-order chi connectivity index (χ1) is 10.6. The number of aromatic nitrogens is 5. The van der Waals surface area contributed by atoms with Gasteiger partial charge in [0.05, 0.1) is 6.54 Å². The van der Waals surface area contributed by atoms with Crippen molar-refractivity contribution < 1.29 is 0 Å². The standard InChI is InChI=1S/C14H22N8/c1-19(2)14-15-5-4-12(18-14)22-8-6-21(7-9-22)10-13-16-11-17-20(13)3/h4-5,11H,6-10H2,1-3H3. The number of nitrogens with zero attached hydrogens (tertiary/aromatic N) is 8. The summed E-state index contributed by atoms with van der Waals surface area (Å²) < 4.78 is 1.83. The van der Waals surface area contributed by atoms with Crippen molar-refractivity contribution in [2.24, 2.45) is 7.05 Å². The summed E-state index contributed by atoms with van der Waals surface area (Å²) in [6.45, 7) is 4.75. The van der Waals surface area contributed by atoms with Crippen LogP contribution >= 0.6 is 0 Å². The molecule has 0 unspecified atom stereocenters. The fourth-order valence-corrected chi connectivity index (χ4v) is 2.53. The Bertz CT molecular complexity index is 615. The molecular formula is C14H22N8. The van der Waals surface area contributed by atoms with Gasteiger partial charge < -0.3 is 9.80 Å². The zero-order valence-corrected chi connectivity index (χ0v) is 13.3. The number of hydrogen-bond donors (Lipinski definition) is 0. The number of hydrogen-bond acceptors (Lipinski definition) is 7. The van der Waals surface area contributed by atoms with Gasteiger partial charge in [0, 0.05) is 53.5 Å². The van der Waals surface area contributed by atoms with Gasteiger partial charge in [0.1, 0.15) is 18.0 Å². The highest BCUT2D eigenvalue weighted by atomic mass is 15.4. The third-order valence-electron chi connectivity index (χ3n) is 3.89. The van der Waals surface area contributed by atoms with Crippen molar-refractivity contribution in [3.05, 3.63) is 24.4 Å². The van der Waals surface area contributed by atoms with Crippen LogP contribution in [-0.4, -0.2) is 69.9 Å². The third kappa shape index (κ3) is 3.16. The summed E-state index contributed by atoms with van der Waals surface area (Å²) in [6.07, 6.45) is 3.43. The summed E-state index contributed by atoms with van der Waals surface area (Å²) in [6, 6.07) is 1.98. The zero-order chi connectivity index (χ0) is 15.5. The van der Waals surface area contributed by atoms with Crippen LogP contribution in [-0.2, 0) is 13.6 Å². The van der Waals surface area contributed by atoms with E-state index in [0.29, 0.717) is 0 Å². The largest absolute Gasteiger partial charge is 0.354 e. The molecule has 0 bridgehead atoms. The molecule has 118 valence electrons. The van der Waals surface area contributed by atoms with Crippen LogP contribution in [0.5, 0.6) is 0 Å². The van der Waals surface area contributed by atoms with E-state index in [4.69, 9.17) is 0 Å². The average molecular weight is 302 g/mol. The lowest BCUT2D eigenvalue weighted by molar-refractivity contribution is 0.240. The molecule has 0 amide bonds. The molecule has 0 atom stereocenters. The van der Waals surface area contributed by atoms with E-state index < -0.39 is 0 Å². The molecule has 1 fully saturated rings. The maximum Gasteiger partial charge on any atom is 0.226 e. The molecule has 1 aliphatic rings. The first-order valence-corrected chi connectivity index (χ1v) is 7.44. The molecule has 8 heteroatoms. The van der Waals surface area contributed by atoms with Gasteiger partial charge in [0.25, 0.3) is 0 Å². The number of anilines is 2. The van der Waals surface area contributed by atoms with Crippen LogP contribution < -0.4 is 9.80 Å². The zero-order valence-electron chi connectivity index (χ0n) is 13.3. The molecule has 0 N–H and O–H groups in total. The molecule has 0 radical (unpaired) electrons. The summed E-state index contributed by atoms with van der Waals surface area (Å²) >= 11 is 0. The summed E-state index contributed by atoms with van der Waals surface area (Å²) in [5.41, 5.74) is 0. The Labute approximate surface area is 130 Å². The second-order valence-corrected chi connectivity index (χ2v) is 5.67. The smallest absolute Gasteiger partial charge is 0.226 e. The minimum atomic E-state index is 0.749. The van der Waals surface area contributed by atoms with Crippen molar-refractivity contribution in [1.82, 2.24) is 29.6 Å². The molecule has 0 saturated carbocycles. The van der Waals surface area contributed by atoms with Crippen molar-refractivity contribution in [3.8, 4) is 0 Å². The van der Waals surface area contributed by atoms with E-state index in [9.17, 15) is 0 Å². The van der Waals surface area contributed by atoms with Crippen LogP contribution in [0.4, 0.5) is 11.8 Å². The second kappa shape index (κ2) is 6.27. The molecule has 8 nitrogen and oxygen atoms in total. The minimum absolute atomic E-state index is 0.749. The Balaban J connectivity index is 1.60. The van der Waals surface area contributed by atoms with Crippen LogP contribution in [0.25, 0.3) is 0 Å². The molecule has 3 heterocycles. The summed E-state index contributed by atoms with van der Waals surface area (Å²) in [7, 11) is 5.85. The molecule has 2 aromatic rings. The van der Waals surface area contributed by atoms with Crippen LogP contribution in [0.1, 0.15) is 5.82 Å². The maximum absolute atomic E-state index is 4.61. The Morgan fingerprint density at radius 2 is 1.91 bits per heavy atom. The molecule has 1 saturated heterocycles. The van der Waals surface area contributed by atoms with Crippen molar-refractivity contribution in [3.63, 3.8) is 0 Å². The Hall–Kier alpha value is -2.22. The highest BCUT2D eigenvalue weighted by Crippen LogP contribution is 2.16. The summed E-state index contributed by atoms with van der Waals surface area (Å²) in [5.74, 6) is 2.75. The molecule has 2 aromatic heterocycles. The highest BCUT2D eigenvalue weighted by Gasteiger charge is 2.19. The fraction of sp³-hybridized carbons (Fsp3) is 0.571. The molecule has 0 aromatic carbocycles. The lowest BCUT2D eigenvalue weighted by Gasteiger charge is -2.35. The van der Waals surface area contributed by atoms with E-state index >= 15 is 0 Å². The third-order valence-corrected chi connectivity index (χ3v) is 3.89. The van der Waals surface area contributed by atoms with Gasteiger partial charge in [-0.25, -0.2) is 9.97 Å². The Morgan fingerprint density at radius 1 is 1.14 bits per heavy atom. The topological polar surface area (TPSA) is 66.2 Å². The highest BCUT2D eigenvalue weighted by molar-refractivity contribution is 5.43. The van der Waals surface area contributed by atoms with Gasteiger partial charge in [-0.05, 0) is 6.07 Å². The minimum Gasteiger partial charge on any atom is -0.354 e. The van der Waals surface area contributed by atoms with E-state index in [1.165, 1.54) is 0 Å². The fourth-order valence-electron chi connectivity index (χ4n) is 2.53. The van der Waals surface area contributed by atoms with Crippen LogP contribution in [0.2, 0.25) is 0 Å². The van der Waals surface area contributed by atoms with Crippen LogP contribution in [0.15, 0.2) is 18.6 Å². The Kier molecular flexibility index (Phi) is 4.19. The van der Waals surface area contributed by atoms with Gasteiger partial charge in [-0.15, -0.1) is 0 Å². The van der Waals surface area contributed by atoms with Crippen molar-refractivity contribution in [2.45, 2.75) is 6.54 Å². The predicted octanol–water partition coefficient (Wildman–Crippen LogP) is -0.00670. The SMILES string of the molecule is CN(C)c1nccc(N2CCN(Cc3ncnn3C)CC2)n1. The number of piperazine rings is 1. The van der Waals surface area contributed by atoms with Gasteiger partial charge in [0.2, 0.25) is 5.95 Å². The van der Waals surface area contributed by atoms with E-state index in [2.05, 4.69) is 29.9 Å². The van der Waals surface area contributed by atoms with Gasteiger partial charge in [-0.1, -0.05) is 0 Å². The average Bonchev–Trinajstić information content (AvgIpc) is 2.93. The molecule has 3 rings (SSSR count). The van der Waals surface area contributed by atoms with Gasteiger partial charge in [0.15, 0.2) is 0 Å². The van der Waals surface area contributed by atoms with Gasteiger partial charge >= 0.3 is 0 Å². The molecule has 22 heavy (non-hydrogen) atoms. The van der Waals surface area contributed by atoms with E-state index in [1.54, 1.807) is 6.33 Å². The summed E-state index contributed by atoms with van der Waals surface area (Å²) in [4.78, 5) is 19.8. The first-order valence-electron chi connectivity index (χ1n) is 7.44. The van der Waals surface area contributed by atoms with Crippen LogP contribution in [0.3, 0.4) is 0 Å². The molecule has 0 spiro atoms. The second-order valence-electron chi connectivity index (χ2n) is 5.67. The normalized spacial score (nSPS) is 16.0. The maximum atomic E-state index is 4.61. The number of rotatable bonds is 4. The lowest BCUT2D eigenvalue weighted by Crippen LogP contribution is -2.46. The van der Waals surface area contributed by atoms with E-state index in [1.807, 2.05) is 43.0 Å². The lowest BCUT2D eigenvalue weighted by atomic mass is 10.3. The van der Waals surface area contributed by atoms with Crippen molar-refractivity contribution in [2.75, 3.05) is 50.1 Å². The van der Waals surface area contributed by atoms with Crippen LogP contribution in [0, 0.1) is 0 Å². The molecule has 0 aliphatic carbocycles. The van der Waals surface area contributed by atoms with Gasteiger partial charge in [-0.3, -0.25) is 9.58 Å². The van der Waals surface area contributed by atoms with E-state index in [-0.39, 0.29) is 0 Å². The number of aryl methyl sites for hydroxylation is 1. The predicted molar refractivity (Wildman–Crippen MR) is 84.9 cm³/mol. The van der Waals surface area contributed by atoms with E-state index in [0.717, 1.165) is 50.3 Å². The monoisotopic (exact) mass is 302 g/mol. The quantitative estimate of drug-likeness (QED) is 0.787.